The lowest BCUT2D eigenvalue weighted by Gasteiger charge is -2.17. The molecule has 9 heteroatoms. The van der Waals surface area contributed by atoms with Crippen molar-refractivity contribution < 1.29 is 8.78 Å². The van der Waals surface area contributed by atoms with Crippen LogP contribution in [0.4, 0.5) is 14.6 Å². The van der Waals surface area contributed by atoms with Crippen LogP contribution in [0.15, 0.2) is 24.5 Å². The fourth-order valence-corrected chi connectivity index (χ4v) is 2.90. The van der Waals surface area contributed by atoms with E-state index in [4.69, 9.17) is 5.73 Å². The number of anilines is 1. The first-order chi connectivity index (χ1) is 11.6. The normalized spacial score (nSPS) is 17.8. The Hall–Kier alpha value is -2.68. The number of hydrogen-bond donors (Lipinski definition) is 1. The summed E-state index contributed by atoms with van der Waals surface area (Å²) in [5, 5.41) is 8.10. The summed E-state index contributed by atoms with van der Waals surface area (Å²) in [6.07, 6.45) is 4.30. The van der Waals surface area contributed by atoms with Gasteiger partial charge in [0.1, 0.15) is 5.82 Å². The van der Waals surface area contributed by atoms with Gasteiger partial charge in [-0.3, -0.25) is 4.98 Å². The molecule has 3 aromatic rings. The molecule has 1 unspecified atom stereocenters. The molecule has 124 valence electrons. The summed E-state index contributed by atoms with van der Waals surface area (Å²) < 4.78 is 28.4. The van der Waals surface area contributed by atoms with Crippen molar-refractivity contribution in [2.24, 2.45) is 5.73 Å². The van der Waals surface area contributed by atoms with E-state index in [0.29, 0.717) is 29.9 Å². The van der Waals surface area contributed by atoms with E-state index in [-0.39, 0.29) is 6.04 Å². The van der Waals surface area contributed by atoms with Crippen molar-refractivity contribution in [1.82, 2.24) is 25.0 Å². The summed E-state index contributed by atoms with van der Waals surface area (Å²) in [4.78, 5) is 10.6. The molecule has 0 radical (unpaired) electrons. The number of nitrogens with zero attached hydrogens (tertiary/aromatic N) is 6. The molecule has 1 aromatic carbocycles. The third kappa shape index (κ3) is 2.56. The minimum atomic E-state index is -0.926. The minimum absolute atomic E-state index is 0.167. The zero-order valence-electron chi connectivity index (χ0n) is 12.7. The molecular weight excluding hydrogens is 316 g/mol. The molecular formula is C15H15F2N7. The Kier molecular flexibility index (Phi) is 3.57. The van der Waals surface area contributed by atoms with Crippen molar-refractivity contribution in [2.75, 3.05) is 18.0 Å². The molecule has 3 heterocycles. The van der Waals surface area contributed by atoms with E-state index in [1.807, 2.05) is 15.8 Å². The highest BCUT2D eigenvalue weighted by atomic mass is 19.2. The lowest BCUT2D eigenvalue weighted by Crippen LogP contribution is -2.22. The molecule has 0 saturated carbocycles. The molecule has 1 aliphatic rings. The first kappa shape index (κ1) is 14.9. The standard InChI is InChI=1S/C15H15F2N7/c16-11-3-13-14(4-12(11)17)20-15(6-19-13)23-2-1-10(8-23)24-7-9(5-18)21-22-24/h3-4,6-7,10H,1-2,5,8,18H2. The van der Waals surface area contributed by atoms with Gasteiger partial charge in [0.05, 0.1) is 35.2 Å². The Balaban J connectivity index is 1.58. The summed E-state index contributed by atoms with van der Waals surface area (Å²) >= 11 is 0. The predicted octanol–water partition coefficient (Wildman–Crippen LogP) is 1.41. The maximum atomic E-state index is 13.4. The fourth-order valence-electron chi connectivity index (χ4n) is 2.90. The maximum absolute atomic E-state index is 13.4. The summed E-state index contributed by atoms with van der Waals surface area (Å²) in [6.45, 7) is 1.82. The summed E-state index contributed by atoms with van der Waals surface area (Å²) in [7, 11) is 0. The van der Waals surface area contributed by atoms with E-state index in [9.17, 15) is 8.78 Å². The highest BCUT2D eigenvalue weighted by Gasteiger charge is 2.26. The van der Waals surface area contributed by atoms with E-state index in [1.54, 1.807) is 6.20 Å². The summed E-state index contributed by atoms with van der Waals surface area (Å²) in [5.74, 6) is -1.21. The van der Waals surface area contributed by atoms with Gasteiger partial charge < -0.3 is 10.6 Å². The Bertz CT molecular complexity index is 895. The number of hydrogen-bond acceptors (Lipinski definition) is 6. The van der Waals surface area contributed by atoms with Crippen molar-refractivity contribution in [3.8, 4) is 0 Å². The summed E-state index contributed by atoms with van der Waals surface area (Å²) in [5.41, 5.74) is 6.97. The van der Waals surface area contributed by atoms with Crippen LogP contribution >= 0.6 is 0 Å². The van der Waals surface area contributed by atoms with Gasteiger partial charge in [-0.15, -0.1) is 5.10 Å². The Morgan fingerprint density at radius 2 is 2.00 bits per heavy atom. The molecule has 0 amide bonds. The molecule has 0 bridgehead atoms. The van der Waals surface area contributed by atoms with Crippen LogP contribution in [0.2, 0.25) is 0 Å². The van der Waals surface area contributed by atoms with Crippen LogP contribution in [0, 0.1) is 11.6 Å². The lowest BCUT2D eigenvalue weighted by molar-refractivity contribution is 0.479. The van der Waals surface area contributed by atoms with E-state index in [0.717, 1.165) is 30.8 Å². The Morgan fingerprint density at radius 3 is 2.75 bits per heavy atom. The SMILES string of the molecule is NCc1cn(C2CCN(c3cnc4cc(F)c(F)cc4n3)C2)nn1. The summed E-state index contributed by atoms with van der Waals surface area (Å²) in [6, 6.07) is 2.29. The Morgan fingerprint density at radius 1 is 1.21 bits per heavy atom. The highest BCUT2D eigenvalue weighted by molar-refractivity contribution is 5.75. The second-order valence-electron chi connectivity index (χ2n) is 5.77. The van der Waals surface area contributed by atoms with Gasteiger partial charge >= 0.3 is 0 Å². The first-order valence-electron chi connectivity index (χ1n) is 7.61. The van der Waals surface area contributed by atoms with Crippen molar-refractivity contribution in [2.45, 2.75) is 19.0 Å². The van der Waals surface area contributed by atoms with Crippen molar-refractivity contribution >= 4 is 16.9 Å². The number of nitrogens with two attached hydrogens (primary N) is 1. The molecule has 2 N–H and O–H groups in total. The van der Waals surface area contributed by atoms with Gasteiger partial charge in [-0.1, -0.05) is 5.21 Å². The van der Waals surface area contributed by atoms with Crippen molar-refractivity contribution in [1.29, 1.82) is 0 Å². The van der Waals surface area contributed by atoms with Crippen LogP contribution in [0.25, 0.3) is 11.0 Å². The monoisotopic (exact) mass is 331 g/mol. The quantitative estimate of drug-likeness (QED) is 0.781. The molecule has 1 saturated heterocycles. The molecule has 2 aromatic heterocycles. The lowest BCUT2D eigenvalue weighted by atomic mass is 10.3. The fraction of sp³-hybridized carbons (Fsp3) is 0.333. The predicted molar refractivity (Wildman–Crippen MR) is 83.2 cm³/mol. The maximum Gasteiger partial charge on any atom is 0.161 e. The van der Waals surface area contributed by atoms with Crippen LogP contribution < -0.4 is 10.6 Å². The molecule has 0 aliphatic carbocycles. The smallest absolute Gasteiger partial charge is 0.161 e. The number of fused-ring (bicyclic) bond motifs is 1. The van der Waals surface area contributed by atoms with Crippen molar-refractivity contribution in [3.63, 3.8) is 0 Å². The van der Waals surface area contributed by atoms with Gasteiger partial charge in [-0.05, 0) is 6.42 Å². The van der Waals surface area contributed by atoms with E-state index >= 15 is 0 Å². The zero-order chi connectivity index (χ0) is 16.7. The minimum Gasteiger partial charge on any atom is -0.353 e. The number of rotatable bonds is 3. The molecule has 4 rings (SSSR count). The van der Waals surface area contributed by atoms with E-state index < -0.39 is 11.6 Å². The van der Waals surface area contributed by atoms with Gasteiger partial charge in [0, 0.05) is 31.8 Å². The van der Waals surface area contributed by atoms with E-state index in [2.05, 4.69) is 20.3 Å². The number of benzene rings is 1. The average molecular weight is 331 g/mol. The van der Waals surface area contributed by atoms with Gasteiger partial charge in [-0.2, -0.15) is 0 Å². The first-order valence-corrected chi connectivity index (χ1v) is 7.61. The average Bonchev–Trinajstić information content (AvgIpc) is 3.24. The molecule has 1 aliphatic heterocycles. The van der Waals surface area contributed by atoms with Gasteiger partial charge in [0.25, 0.3) is 0 Å². The van der Waals surface area contributed by atoms with Crippen LogP contribution in [0.5, 0.6) is 0 Å². The zero-order valence-corrected chi connectivity index (χ0v) is 12.7. The molecule has 0 spiro atoms. The van der Waals surface area contributed by atoms with Crippen LogP contribution in [0.1, 0.15) is 18.2 Å². The Labute approximate surface area is 136 Å². The molecule has 1 fully saturated rings. The topological polar surface area (TPSA) is 85.8 Å². The van der Waals surface area contributed by atoms with Gasteiger partial charge in [-0.25, -0.2) is 18.4 Å². The highest BCUT2D eigenvalue weighted by Crippen LogP contribution is 2.26. The van der Waals surface area contributed by atoms with E-state index in [1.165, 1.54) is 0 Å². The van der Waals surface area contributed by atoms with Crippen LogP contribution in [0.3, 0.4) is 0 Å². The number of aromatic nitrogens is 5. The molecule has 1 atom stereocenters. The second kappa shape index (κ2) is 5.75. The second-order valence-corrected chi connectivity index (χ2v) is 5.77. The van der Waals surface area contributed by atoms with Crippen LogP contribution in [-0.2, 0) is 6.54 Å². The van der Waals surface area contributed by atoms with Crippen LogP contribution in [-0.4, -0.2) is 38.1 Å². The van der Waals surface area contributed by atoms with Gasteiger partial charge in [0.2, 0.25) is 0 Å². The van der Waals surface area contributed by atoms with Crippen molar-refractivity contribution in [3.05, 3.63) is 41.9 Å². The van der Waals surface area contributed by atoms with Gasteiger partial charge in [0.15, 0.2) is 11.6 Å². The largest absolute Gasteiger partial charge is 0.353 e. The third-order valence-electron chi connectivity index (χ3n) is 4.20. The molecule has 24 heavy (non-hydrogen) atoms. The number of halogens is 2. The third-order valence-corrected chi connectivity index (χ3v) is 4.20. The molecule has 7 nitrogen and oxygen atoms in total.